The molecule has 2 aromatic heterocycles. The predicted octanol–water partition coefficient (Wildman–Crippen LogP) is 3.83. The van der Waals surface area contributed by atoms with Gasteiger partial charge < -0.3 is 5.32 Å². The number of anilines is 1. The summed E-state index contributed by atoms with van der Waals surface area (Å²) < 4.78 is 1.57. The quantitative estimate of drug-likeness (QED) is 0.535. The number of nitrogens with zero attached hydrogens (tertiary/aromatic N) is 2. The summed E-state index contributed by atoms with van der Waals surface area (Å²) in [6.45, 7) is 3.97. The van der Waals surface area contributed by atoms with Gasteiger partial charge in [0.15, 0.2) is 5.16 Å². The molecule has 1 aromatic carbocycles. The fraction of sp³-hybridized carbons (Fsp3) is 0.350. The molecule has 1 amide bonds. The van der Waals surface area contributed by atoms with Crippen molar-refractivity contribution in [3.8, 4) is 0 Å². The lowest BCUT2D eigenvalue weighted by Gasteiger charge is -2.10. The fourth-order valence-corrected chi connectivity index (χ4v) is 5.50. The van der Waals surface area contributed by atoms with Crippen LogP contribution in [0.1, 0.15) is 28.0 Å². The van der Waals surface area contributed by atoms with Gasteiger partial charge in [0, 0.05) is 17.6 Å². The Morgan fingerprint density at radius 3 is 2.96 bits per heavy atom. The number of amides is 1. The highest BCUT2D eigenvalue weighted by molar-refractivity contribution is 7.99. The molecule has 1 aliphatic carbocycles. The summed E-state index contributed by atoms with van der Waals surface area (Å²) in [6.07, 6.45) is 3.13. The van der Waals surface area contributed by atoms with Crippen LogP contribution in [0.25, 0.3) is 10.2 Å². The van der Waals surface area contributed by atoms with Gasteiger partial charge >= 0.3 is 0 Å². The summed E-state index contributed by atoms with van der Waals surface area (Å²) >= 11 is 2.93. The van der Waals surface area contributed by atoms with Gasteiger partial charge in [-0.3, -0.25) is 14.2 Å². The second-order valence-corrected chi connectivity index (χ2v) is 8.98. The highest BCUT2D eigenvalue weighted by Gasteiger charge is 2.22. The van der Waals surface area contributed by atoms with E-state index in [-0.39, 0.29) is 17.2 Å². The molecule has 4 rings (SSSR count). The maximum absolute atomic E-state index is 12.8. The average molecular weight is 400 g/mol. The van der Waals surface area contributed by atoms with E-state index in [1.54, 1.807) is 23.0 Å². The molecule has 0 bridgehead atoms. The van der Waals surface area contributed by atoms with Crippen LogP contribution in [-0.2, 0) is 24.7 Å². The normalized spacial score (nSPS) is 13.1. The van der Waals surface area contributed by atoms with Crippen molar-refractivity contribution in [2.24, 2.45) is 7.05 Å². The van der Waals surface area contributed by atoms with E-state index in [9.17, 15) is 9.59 Å². The predicted molar refractivity (Wildman–Crippen MR) is 112 cm³/mol. The topological polar surface area (TPSA) is 64.0 Å². The highest BCUT2D eigenvalue weighted by atomic mass is 32.2. The first kappa shape index (κ1) is 18.3. The molecule has 0 fully saturated rings. The number of aryl methyl sites for hydroxylation is 4. The first-order valence-corrected chi connectivity index (χ1v) is 10.8. The van der Waals surface area contributed by atoms with E-state index < -0.39 is 0 Å². The van der Waals surface area contributed by atoms with Crippen molar-refractivity contribution in [1.82, 2.24) is 9.55 Å². The number of carbonyl (C=O) groups is 1. The number of nitrogens with one attached hydrogen (secondary N) is 1. The molecule has 0 spiro atoms. The molecule has 3 aromatic rings. The van der Waals surface area contributed by atoms with Crippen LogP contribution in [0.5, 0.6) is 0 Å². The molecule has 0 saturated heterocycles. The molecule has 0 radical (unpaired) electrons. The Labute approximate surface area is 165 Å². The third-order valence-corrected chi connectivity index (χ3v) is 7.12. The van der Waals surface area contributed by atoms with E-state index in [0.717, 1.165) is 46.3 Å². The minimum Gasteiger partial charge on any atom is -0.325 e. The molecule has 140 valence electrons. The standard InChI is InChI=1S/C20H21N3O2S2/c1-11-7-8-12(2)14(9-11)21-16(24)10-26-20-22-18-17(19(25)23(20)3)13-5-4-6-15(13)27-18/h7-9H,4-6,10H2,1-3H3,(H,21,24). The molecule has 7 heteroatoms. The van der Waals surface area contributed by atoms with Crippen molar-refractivity contribution >= 4 is 44.9 Å². The summed E-state index contributed by atoms with van der Waals surface area (Å²) in [4.78, 5) is 32.0. The van der Waals surface area contributed by atoms with E-state index in [2.05, 4.69) is 10.3 Å². The number of hydrogen-bond donors (Lipinski definition) is 1. The second-order valence-electron chi connectivity index (χ2n) is 6.95. The van der Waals surface area contributed by atoms with Crippen molar-refractivity contribution in [1.29, 1.82) is 0 Å². The Morgan fingerprint density at radius 2 is 2.15 bits per heavy atom. The zero-order valence-corrected chi connectivity index (χ0v) is 17.2. The molecule has 1 aliphatic rings. The average Bonchev–Trinajstić information content (AvgIpc) is 3.20. The number of hydrogen-bond acceptors (Lipinski definition) is 5. The van der Waals surface area contributed by atoms with E-state index in [4.69, 9.17) is 0 Å². The molecule has 5 nitrogen and oxygen atoms in total. The Hall–Kier alpha value is -2.12. The van der Waals surface area contributed by atoms with Crippen LogP contribution in [0.4, 0.5) is 5.69 Å². The number of carbonyl (C=O) groups excluding carboxylic acids is 1. The van der Waals surface area contributed by atoms with Gasteiger partial charge in [-0.1, -0.05) is 23.9 Å². The van der Waals surface area contributed by atoms with Crippen molar-refractivity contribution in [2.75, 3.05) is 11.1 Å². The van der Waals surface area contributed by atoms with Gasteiger partial charge in [-0.05, 0) is 55.9 Å². The lowest BCUT2D eigenvalue weighted by atomic mass is 10.1. The highest BCUT2D eigenvalue weighted by Crippen LogP contribution is 2.35. The lowest BCUT2D eigenvalue weighted by Crippen LogP contribution is -2.21. The zero-order chi connectivity index (χ0) is 19.1. The SMILES string of the molecule is Cc1ccc(C)c(NC(=O)CSc2nc3sc4c(c3c(=O)n2C)CCC4)c1. The number of rotatable bonds is 4. The van der Waals surface area contributed by atoms with Gasteiger partial charge in [0.25, 0.3) is 5.56 Å². The summed E-state index contributed by atoms with van der Waals surface area (Å²) in [7, 11) is 1.73. The van der Waals surface area contributed by atoms with Gasteiger partial charge in [-0.2, -0.15) is 0 Å². The molecule has 0 unspecified atom stereocenters. The number of thioether (sulfide) groups is 1. The van der Waals surface area contributed by atoms with E-state index in [1.165, 1.54) is 22.2 Å². The summed E-state index contributed by atoms with van der Waals surface area (Å²) in [5, 5.41) is 4.32. The Morgan fingerprint density at radius 1 is 1.33 bits per heavy atom. The smallest absolute Gasteiger partial charge is 0.262 e. The van der Waals surface area contributed by atoms with Crippen LogP contribution in [-0.4, -0.2) is 21.2 Å². The molecular formula is C20H21N3O2S2. The van der Waals surface area contributed by atoms with Crippen LogP contribution < -0.4 is 10.9 Å². The first-order chi connectivity index (χ1) is 12.9. The molecule has 0 atom stereocenters. The van der Waals surface area contributed by atoms with Gasteiger partial charge in [0.05, 0.1) is 11.1 Å². The largest absolute Gasteiger partial charge is 0.325 e. The third-order valence-electron chi connectivity index (χ3n) is 4.90. The van der Waals surface area contributed by atoms with Crippen LogP contribution >= 0.6 is 23.1 Å². The van der Waals surface area contributed by atoms with Crippen molar-refractivity contribution in [3.05, 3.63) is 50.1 Å². The summed E-state index contributed by atoms with van der Waals surface area (Å²) in [5.41, 5.74) is 4.14. The van der Waals surface area contributed by atoms with Gasteiger partial charge in [-0.25, -0.2) is 4.98 Å². The summed E-state index contributed by atoms with van der Waals surface area (Å²) in [6, 6.07) is 5.98. The Balaban J connectivity index is 1.54. The Bertz CT molecular complexity index is 1110. The number of thiophene rings is 1. The maximum Gasteiger partial charge on any atom is 0.262 e. The molecule has 0 aliphatic heterocycles. The van der Waals surface area contributed by atoms with Crippen molar-refractivity contribution in [2.45, 2.75) is 38.3 Å². The van der Waals surface area contributed by atoms with Crippen LogP contribution in [0.2, 0.25) is 0 Å². The van der Waals surface area contributed by atoms with Crippen LogP contribution in [0.15, 0.2) is 28.2 Å². The van der Waals surface area contributed by atoms with Crippen LogP contribution in [0.3, 0.4) is 0 Å². The zero-order valence-electron chi connectivity index (χ0n) is 15.6. The first-order valence-electron chi connectivity index (χ1n) is 8.95. The van der Waals surface area contributed by atoms with E-state index in [1.807, 2.05) is 32.0 Å². The number of aromatic nitrogens is 2. The van der Waals surface area contributed by atoms with E-state index >= 15 is 0 Å². The Kier molecular flexibility index (Phi) is 4.82. The minimum atomic E-state index is -0.100. The third kappa shape index (κ3) is 3.41. The maximum atomic E-state index is 12.8. The molecule has 1 N–H and O–H groups in total. The molecular weight excluding hydrogens is 378 g/mol. The lowest BCUT2D eigenvalue weighted by molar-refractivity contribution is -0.113. The van der Waals surface area contributed by atoms with Crippen LogP contribution in [0, 0.1) is 13.8 Å². The molecule has 27 heavy (non-hydrogen) atoms. The monoisotopic (exact) mass is 399 g/mol. The van der Waals surface area contributed by atoms with Gasteiger partial charge in [-0.15, -0.1) is 11.3 Å². The molecule has 0 saturated carbocycles. The van der Waals surface area contributed by atoms with E-state index in [0.29, 0.717) is 5.16 Å². The summed E-state index contributed by atoms with van der Waals surface area (Å²) in [5.74, 6) is 0.112. The second kappa shape index (κ2) is 7.13. The minimum absolute atomic E-state index is 0.00293. The molecule has 2 heterocycles. The van der Waals surface area contributed by atoms with Gasteiger partial charge in [0.1, 0.15) is 4.83 Å². The fourth-order valence-electron chi connectivity index (χ4n) is 3.42. The number of benzene rings is 1. The van der Waals surface area contributed by atoms with Gasteiger partial charge in [0.2, 0.25) is 5.91 Å². The van der Waals surface area contributed by atoms with Crippen molar-refractivity contribution < 1.29 is 4.79 Å². The van der Waals surface area contributed by atoms with Crippen molar-refractivity contribution in [3.63, 3.8) is 0 Å². The number of fused-ring (bicyclic) bond motifs is 3.